The first-order valence-corrected chi connectivity index (χ1v) is 3.34. The van der Waals surface area contributed by atoms with Gasteiger partial charge < -0.3 is 10.2 Å². The number of aromatic hydroxyl groups is 2. The van der Waals surface area contributed by atoms with Crippen LogP contribution in [0.1, 0.15) is 10.4 Å². The number of ketones is 1. The molecule has 0 saturated carbocycles. The van der Waals surface area contributed by atoms with Crippen LogP contribution >= 0.6 is 0 Å². The molecule has 3 heteroatoms. The van der Waals surface area contributed by atoms with Crippen LogP contribution in [0.25, 0.3) is 0 Å². The molecule has 0 heterocycles. The summed E-state index contributed by atoms with van der Waals surface area (Å²) >= 11 is 0. The van der Waals surface area contributed by atoms with E-state index in [0.29, 0.717) is 0 Å². The van der Waals surface area contributed by atoms with Gasteiger partial charge in [0.15, 0.2) is 5.78 Å². The molecule has 62 valence electrons. The van der Waals surface area contributed by atoms with E-state index in [-0.39, 0.29) is 17.1 Å². The Kier molecular flexibility index (Phi) is 2.14. The van der Waals surface area contributed by atoms with Crippen LogP contribution in [0.15, 0.2) is 30.9 Å². The molecule has 0 atom stereocenters. The van der Waals surface area contributed by atoms with Gasteiger partial charge in [-0.1, -0.05) is 6.58 Å². The number of hydrogen-bond donors (Lipinski definition) is 2. The standard InChI is InChI=1S/C9H8O3/c1-2-8(11)7-5-6(10)3-4-9(7)12/h2-5,10,12H,1H2. The largest absolute Gasteiger partial charge is 0.508 e. The van der Waals surface area contributed by atoms with Crippen LogP contribution in [0, 0.1) is 0 Å². The highest BCUT2D eigenvalue weighted by Gasteiger charge is 2.07. The molecule has 0 unspecified atom stereocenters. The van der Waals surface area contributed by atoms with Gasteiger partial charge in [-0.15, -0.1) is 0 Å². The quantitative estimate of drug-likeness (QED) is 0.395. The van der Waals surface area contributed by atoms with E-state index in [4.69, 9.17) is 10.2 Å². The van der Waals surface area contributed by atoms with E-state index in [1.165, 1.54) is 18.2 Å². The Morgan fingerprint density at radius 3 is 2.67 bits per heavy atom. The molecule has 12 heavy (non-hydrogen) atoms. The molecule has 0 radical (unpaired) electrons. The maximum absolute atomic E-state index is 11.0. The summed E-state index contributed by atoms with van der Waals surface area (Å²) in [5.74, 6) is -0.626. The summed E-state index contributed by atoms with van der Waals surface area (Å²) in [5, 5.41) is 18.1. The first kappa shape index (κ1) is 8.33. The van der Waals surface area contributed by atoms with Gasteiger partial charge in [-0.2, -0.15) is 0 Å². The SMILES string of the molecule is C=CC(=O)c1cc(O)ccc1O. The predicted octanol–water partition coefficient (Wildman–Crippen LogP) is 1.47. The van der Waals surface area contributed by atoms with Crippen LogP contribution in [0.3, 0.4) is 0 Å². The Balaban J connectivity index is 3.22. The van der Waals surface area contributed by atoms with Gasteiger partial charge in [0.2, 0.25) is 0 Å². The van der Waals surface area contributed by atoms with Crippen molar-refractivity contribution in [1.82, 2.24) is 0 Å². The number of carbonyl (C=O) groups is 1. The van der Waals surface area contributed by atoms with Crippen LogP contribution < -0.4 is 0 Å². The molecule has 0 amide bonds. The van der Waals surface area contributed by atoms with Gasteiger partial charge in [0.05, 0.1) is 5.56 Å². The van der Waals surface area contributed by atoms with Crippen molar-refractivity contribution in [2.45, 2.75) is 0 Å². The monoisotopic (exact) mass is 164 g/mol. The van der Waals surface area contributed by atoms with Gasteiger partial charge in [0.1, 0.15) is 11.5 Å². The minimum absolute atomic E-state index is 0.0574. The van der Waals surface area contributed by atoms with Crippen LogP contribution in [-0.2, 0) is 0 Å². The molecule has 0 aliphatic carbocycles. The molecule has 0 aliphatic rings. The van der Waals surface area contributed by atoms with Crippen molar-refractivity contribution in [3.63, 3.8) is 0 Å². The van der Waals surface area contributed by atoms with Gasteiger partial charge in [-0.05, 0) is 24.3 Å². The number of carbonyl (C=O) groups excluding carboxylic acids is 1. The van der Waals surface area contributed by atoms with Crippen molar-refractivity contribution >= 4 is 5.78 Å². The van der Waals surface area contributed by atoms with Crippen LogP contribution in [0.5, 0.6) is 11.5 Å². The van der Waals surface area contributed by atoms with E-state index in [9.17, 15) is 4.79 Å². The zero-order valence-corrected chi connectivity index (χ0v) is 6.32. The Labute approximate surface area is 69.6 Å². The normalized spacial score (nSPS) is 9.33. The van der Waals surface area contributed by atoms with Crippen LogP contribution in [-0.4, -0.2) is 16.0 Å². The Morgan fingerprint density at radius 2 is 2.08 bits per heavy atom. The third-order valence-corrected chi connectivity index (χ3v) is 1.43. The topological polar surface area (TPSA) is 57.5 Å². The highest BCUT2D eigenvalue weighted by atomic mass is 16.3. The molecule has 0 saturated heterocycles. The highest BCUT2D eigenvalue weighted by Crippen LogP contribution is 2.22. The van der Waals surface area contributed by atoms with Crippen molar-refractivity contribution in [3.05, 3.63) is 36.4 Å². The smallest absolute Gasteiger partial charge is 0.189 e. The minimum Gasteiger partial charge on any atom is -0.508 e. The zero-order chi connectivity index (χ0) is 9.14. The number of rotatable bonds is 2. The van der Waals surface area contributed by atoms with Crippen molar-refractivity contribution in [1.29, 1.82) is 0 Å². The van der Waals surface area contributed by atoms with Crippen molar-refractivity contribution in [2.24, 2.45) is 0 Å². The summed E-state index contributed by atoms with van der Waals surface area (Å²) in [6, 6.07) is 3.75. The fourth-order valence-electron chi connectivity index (χ4n) is 0.831. The number of phenolic OH excluding ortho intramolecular Hbond substituents is 2. The van der Waals surface area contributed by atoms with Crippen LogP contribution in [0.2, 0.25) is 0 Å². The fourth-order valence-corrected chi connectivity index (χ4v) is 0.831. The average molecular weight is 164 g/mol. The van der Waals surface area contributed by atoms with E-state index < -0.39 is 5.78 Å². The second-order valence-electron chi connectivity index (χ2n) is 2.27. The Morgan fingerprint density at radius 1 is 1.42 bits per heavy atom. The van der Waals surface area contributed by atoms with E-state index >= 15 is 0 Å². The van der Waals surface area contributed by atoms with E-state index in [0.717, 1.165) is 6.08 Å². The second kappa shape index (κ2) is 3.09. The summed E-state index contributed by atoms with van der Waals surface area (Å²) in [6.07, 6.45) is 1.08. The molecule has 3 nitrogen and oxygen atoms in total. The molecule has 0 aliphatic heterocycles. The summed E-state index contributed by atoms with van der Waals surface area (Å²) in [5.41, 5.74) is 0.0602. The van der Waals surface area contributed by atoms with Crippen molar-refractivity contribution < 1.29 is 15.0 Å². The molecule has 1 aromatic carbocycles. The minimum atomic E-state index is -0.414. The lowest BCUT2D eigenvalue weighted by Crippen LogP contribution is -1.93. The van der Waals surface area contributed by atoms with Crippen molar-refractivity contribution in [2.75, 3.05) is 0 Å². The lowest BCUT2D eigenvalue weighted by atomic mass is 10.1. The molecule has 0 fully saturated rings. The van der Waals surface area contributed by atoms with E-state index in [1.807, 2.05) is 0 Å². The number of allylic oxidation sites excluding steroid dienone is 1. The summed E-state index contributed by atoms with van der Waals surface area (Å²) < 4.78 is 0. The van der Waals surface area contributed by atoms with Gasteiger partial charge in [0, 0.05) is 0 Å². The number of benzene rings is 1. The molecular weight excluding hydrogens is 156 g/mol. The predicted molar refractivity (Wildman–Crippen MR) is 44.3 cm³/mol. The fraction of sp³-hybridized carbons (Fsp3) is 0. The molecule has 0 aromatic heterocycles. The maximum Gasteiger partial charge on any atom is 0.189 e. The van der Waals surface area contributed by atoms with Gasteiger partial charge in [0.25, 0.3) is 0 Å². The lowest BCUT2D eigenvalue weighted by Gasteiger charge is -1.99. The van der Waals surface area contributed by atoms with Gasteiger partial charge in [-0.3, -0.25) is 4.79 Å². The second-order valence-corrected chi connectivity index (χ2v) is 2.27. The van der Waals surface area contributed by atoms with E-state index in [2.05, 4.69) is 6.58 Å². The lowest BCUT2D eigenvalue weighted by molar-refractivity contribution is 0.104. The number of hydrogen-bond acceptors (Lipinski definition) is 3. The van der Waals surface area contributed by atoms with Crippen molar-refractivity contribution in [3.8, 4) is 11.5 Å². The first-order chi connectivity index (χ1) is 5.65. The molecule has 1 rings (SSSR count). The average Bonchev–Trinajstić information content (AvgIpc) is 2.08. The van der Waals surface area contributed by atoms with E-state index in [1.54, 1.807) is 0 Å². The Bertz CT molecular complexity index is 329. The highest BCUT2D eigenvalue weighted by molar-refractivity contribution is 6.06. The molecule has 2 N–H and O–H groups in total. The zero-order valence-electron chi connectivity index (χ0n) is 6.32. The number of phenols is 2. The molecular formula is C9H8O3. The van der Waals surface area contributed by atoms with Crippen LogP contribution in [0.4, 0.5) is 0 Å². The molecule has 0 bridgehead atoms. The van der Waals surface area contributed by atoms with Gasteiger partial charge in [-0.25, -0.2) is 0 Å². The maximum atomic E-state index is 11.0. The molecule has 1 aromatic rings. The van der Waals surface area contributed by atoms with Gasteiger partial charge >= 0.3 is 0 Å². The summed E-state index contributed by atoms with van der Waals surface area (Å²) in [7, 11) is 0. The third kappa shape index (κ3) is 1.45. The summed E-state index contributed by atoms with van der Waals surface area (Å²) in [4.78, 5) is 11.0. The summed E-state index contributed by atoms with van der Waals surface area (Å²) in [6.45, 7) is 3.27. The molecule has 0 spiro atoms. The Hall–Kier alpha value is -1.77. The first-order valence-electron chi connectivity index (χ1n) is 3.34. The third-order valence-electron chi connectivity index (χ3n) is 1.43.